The number of carbonyl (C=O) groups is 1. The van der Waals surface area contributed by atoms with Crippen molar-refractivity contribution in [3.63, 3.8) is 0 Å². The van der Waals surface area contributed by atoms with Gasteiger partial charge in [0.2, 0.25) is 0 Å². The van der Waals surface area contributed by atoms with Crippen molar-refractivity contribution in [2.45, 2.75) is 70.9 Å². The van der Waals surface area contributed by atoms with Gasteiger partial charge in [-0.1, -0.05) is 39.0 Å². The van der Waals surface area contributed by atoms with E-state index in [0.717, 1.165) is 0 Å². The van der Waals surface area contributed by atoms with Gasteiger partial charge in [0.15, 0.2) is 8.32 Å². The van der Waals surface area contributed by atoms with Gasteiger partial charge < -0.3 is 14.3 Å². The topological polar surface area (TPSA) is 55.8 Å². The number of aliphatic hydroxyl groups is 1. The number of allylic oxidation sites excluding steroid dienone is 1. The number of aliphatic hydroxyl groups excluding tert-OH is 1. The van der Waals surface area contributed by atoms with Crippen LogP contribution in [0, 0.1) is 11.8 Å². The van der Waals surface area contributed by atoms with Crippen LogP contribution >= 0.6 is 0 Å². The molecule has 0 amide bonds. The van der Waals surface area contributed by atoms with E-state index in [1.54, 1.807) is 13.0 Å². The fourth-order valence-electron chi connectivity index (χ4n) is 2.84. The van der Waals surface area contributed by atoms with Crippen molar-refractivity contribution in [2.24, 2.45) is 11.8 Å². The molecule has 24 heavy (non-hydrogen) atoms. The monoisotopic (exact) mass is 354 g/mol. The Kier molecular flexibility index (Phi) is 7.44. The Labute approximate surface area is 148 Å². The molecule has 0 radical (unpaired) electrons. The highest BCUT2D eigenvalue weighted by Crippen LogP contribution is 2.41. The summed E-state index contributed by atoms with van der Waals surface area (Å²) in [6, 6.07) is 0. The average molecular weight is 355 g/mol. The SMILES string of the molecule is C=CC[C@@H]1[C@@H](CC(=O)OCC)[C@@H](O)C=C[C@H]1O[Si](C)(C)C(C)(C)C. The summed E-state index contributed by atoms with van der Waals surface area (Å²) in [6.45, 7) is 17.1. The normalized spacial score (nSPS) is 27.8. The quantitative estimate of drug-likeness (QED) is 0.425. The molecule has 0 aliphatic heterocycles. The predicted molar refractivity (Wildman–Crippen MR) is 100 cm³/mol. The largest absolute Gasteiger partial charge is 0.466 e. The summed E-state index contributed by atoms with van der Waals surface area (Å²) >= 11 is 0. The van der Waals surface area contributed by atoms with Gasteiger partial charge in [-0.2, -0.15) is 0 Å². The molecule has 0 spiro atoms. The third-order valence-corrected chi connectivity index (χ3v) is 9.77. The smallest absolute Gasteiger partial charge is 0.306 e. The Balaban J connectivity index is 3.01. The van der Waals surface area contributed by atoms with Crippen molar-refractivity contribution in [3.05, 3.63) is 24.8 Å². The van der Waals surface area contributed by atoms with E-state index in [4.69, 9.17) is 9.16 Å². The van der Waals surface area contributed by atoms with E-state index in [0.29, 0.717) is 13.0 Å². The lowest BCUT2D eigenvalue weighted by Gasteiger charge is -2.44. The van der Waals surface area contributed by atoms with Crippen LogP contribution < -0.4 is 0 Å². The van der Waals surface area contributed by atoms with Crippen LogP contribution in [-0.4, -0.2) is 38.2 Å². The molecule has 1 N–H and O–H groups in total. The summed E-state index contributed by atoms with van der Waals surface area (Å²) in [5.74, 6) is -0.445. The van der Waals surface area contributed by atoms with Gasteiger partial charge in [0.25, 0.3) is 0 Å². The Morgan fingerprint density at radius 2 is 1.92 bits per heavy atom. The van der Waals surface area contributed by atoms with Crippen LogP contribution in [0.25, 0.3) is 0 Å². The van der Waals surface area contributed by atoms with Crippen molar-refractivity contribution in [1.29, 1.82) is 0 Å². The molecule has 0 saturated carbocycles. The summed E-state index contributed by atoms with van der Waals surface area (Å²) in [5, 5.41) is 10.5. The van der Waals surface area contributed by atoms with Crippen molar-refractivity contribution in [1.82, 2.24) is 0 Å². The third-order valence-electron chi connectivity index (χ3n) is 5.29. The van der Waals surface area contributed by atoms with Crippen molar-refractivity contribution in [2.75, 3.05) is 6.61 Å². The Morgan fingerprint density at radius 3 is 2.42 bits per heavy atom. The maximum Gasteiger partial charge on any atom is 0.306 e. The number of carbonyl (C=O) groups excluding carboxylic acids is 1. The first-order valence-electron chi connectivity index (χ1n) is 8.84. The van der Waals surface area contributed by atoms with Crippen LogP contribution in [0.1, 0.15) is 40.5 Å². The molecule has 0 unspecified atom stereocenters. The van der Waals surface area contributed by atoms with Gasteiger partial charge in [-0.25, -0.2) is 0 Å². The van der Waals surface area contributed by atoms with Crippen LogP contribution in [-0.2, 0) is 14.0 Å². The lowest BCUT2D eigenvalue weighted by molar-refractivity contribution is -0.146. The molecule has 0 aromatic rings. The fourth-order valence-corrected chi connectivity index (χ4v) is 4.12. The van der Waals surface area contributed by atoms with Gasteiger partial charge in [0, 0.05) is 5.92 Å². The Bertz CT molecular complexity index is 464. The van der Waals surface area contributed by atoms with E-state index in [1.165, 1.54) is 0 Å². The minimum Gasteiger partial charge on any atom is -0.466 e. The number of ether oxygens (including phenoxy) is 1. The second kappa shape index (κ2) is 8.45. The number of hydrogen-bond acceptors (Lipinski definition) is 4. The van der Waals surface area contributed by atoms with Gasteiger partial charge in [-0.05, 0) is 37.4 Å². The molecule has 1 aliphatic rings. The maximum absolute atomic E-state index is 11.9. The standard InChI is InChI=1S/C19H34O4Si/c1-8-10-14-15(13-18(21)22-9-2)16(20)11-12-17(14)23-24(6,7)19(3,4)5/h8,11-12,14-17,20H,1,9-10,13H2,2-7H3/t14-,15-,16+,17-/m1/s1. The summed E-state index contributed by atoms with van der Waals surface area (Å²) in [5.41, 5.74) is 0. The molecule has 1 rings (SSSR count). The highest BCUT2D eigenvalue weighted by Gasteiger charge is 2.43. The summed E-state index contributed by atoms with van der Waals surface area (Å²) < 4.78 is 11.6. The Morgan fingerprint density at radius 1 is 1.29 bits per heavy atom. The maximum atomic E-state index is 11.9. The van der Waals surface area contributed by atoms with Gasteiger partial charge in [-0.3, -0.25) is 4.79 Å². The summed E-state index contributed by atoms with van der Waals surface area (Å²) in [6.07, 6.45) is 5.71. The van der Waals surface area contributed by atoms with Crippen molar-refractivity contribution >= 4 is 14.3 Å². The minimum atomic E-state index is -1.95. The lowest BCUT2D eigenvalue weighted by atomic mass is 9.76. The summed E-state index contributed by atoms with van der Waals surface area (Å²) in [7, 11) is -1.95. The van der Waals surface area contributed by atoms with E-state index in [9.17, 15) is 9.90 Å². The summed E-state index contributed by atoms with van der Waals surface area (Å²) in [4.78, 5) is 11.9. The molecule has 4 nitrogen and oxygen atoms in total. The second-order valence-corrected chi connectivity index (χ2v) is 12.8. The molecule has 0 saturated heterocycles. The van der Waals surface area contributed by atoms with Gasteiger partial charge in [0.1, 0.15) is 0 Å². The van der Waals surface area contributed by atoms with E-state index in [1.807, 2.05) is 12.2 Å². The molecule has 0 heterocycles. The molecular formula is C19H34O4Si. The molecule has 138 valence electrons. The van der Waals surface area contributed by atoms with Gasteiger partial charge in [0.05, 0.1) is 25.2 Å². The van der Waals surface area contributed by atoms with Crippen LogP contribution in [0.5, 0.6) is 0 Å². The van der Waals surface area contributed by atoms with Crippen molar-refractivity contribution in [3.8, 4) is 0 Å². The minimum absolute atomic E-state index is 0.0287. The first-order valence-corrected chi connectivity index (χ1v) is 11.7. The first kappa shape index (κ1) is 21.1. The number of hydrogen-bond donors (Lipinski definition) is 1. The van der Waals surface area contributed by atoms with E-state index < -0.39 is 14.4 Å². The van der Waals surface area contributed by atoms with Gasteiger partial charge >= 0.3 is 5.97 Å². The predicted octanol–water partition coefficient (Wildman–Crippen LogP) is 4.07. The zero-order valence-electron chi connectivity index (χ0n) is 16.0. The van der Waals surface area contributed by atoms with Crippen LogP contribution in [0.2, 0.25) is 18.1 Å². The van der Waals surface area contributed by atoms with Gasteiger partial charge in [-0.15, -0.1) is 6.58 Å². The van der Waals surface area contributed by atoms with E-state index >= 15 is 0 Å². The van der Waals surface area contributed by atoms with Crippen LogP contribution in [0.15, 0.2) is 24.8 Å². The van der Waals surface area contributed by atoms with E-state index in [-0.39, 0.29) is 35.4 Å². The Hall–Kier alpha value is -0.913. The van der Waals surface area contributed by atoms with Crippen molar-refractivity contribution < 1.29 is 19.1 Å². The molecule has 0 fully saturated rings. The van der Waals surface area contributed by atoms with Crippen LogP contribution in [0.4, 0.5) is 0 Å². The van der Waals surface area contributed by atoms with E-state index in [2.05, 4.69) is 40.4 Å². The number of rotatable bonds is 7. The fraction of sp³-hybridized carbons (Fsp3) is 0.737. The molecule has 5 heteroatoms. The molecule has 4 atom stereocenters. The zero-order valence-corrected chi connectivity index (χ0v) is 17.0. The molecule has 0 bridgehead atoms. The lowest BCUT2D eigenvalue weighted by Crippen LogP contribution is -2.49. The second-order valence-electron chi connectivity index (χ2n) is 8.08. The number of esters is 1. The first-order chi connectivity index (χ1) is 11.0. The molecular weight excluding hydrogens is 320 g/mol. The molecule has 1 aliphatic carbocycles. The van der Waals surface area contributed by atoms with Crippen LogP contribution in [0.3, 0.4) is 0 Å². The highest BCUT2D eigenvalue weighted by molar-refractivity contribution is 6.74. The average Bonchev–Trinajstić information content (AvgIpc) is 2.44. The molecule has 0 aromatic carbocycles. The highest BCUT2D eigenvalue weighted by atomic mass is 28.4. The third kappa shape index (κ3) is 5.29. The molecule has 0 aromatic heterocycles. The zero-order chi connectivity index (χ0) is 18.5.